The highest BCUT2D eigenvalue weighted by Crippen LogP contribution is 2.40. The van der Waals surface area contributed by atoms with E-state index in [1.54, 1.807) is 31.4 Å². The molecule has 1 fully saturated rings. The highest BCUT2D eigenvalue weighted by molar-refractivity contribution is 8.01. The molecule has 2 aromatic heterocycles. The van der Waals surface area contributed by atoms with Crippen molar-refractivity contribution in [3.63, 3.8) is 0 Å². The van der Waals surface area contributed by atoms with Gasteiger partial charge in [-0.25, -0.2) is 0 Å². The fourth-order valence-corrected chi connectivity index (χ4v) is 4.21. The molecule has 1 saturated carbocycles. The average molecular weight is 462 g/mol. The molecule has 4 rings (SSSR count). The van der Waals surface area contributed by atoms with Gasteiger partial charge in [0.25, 0.3) is 5.91 Å². The van der Waals surface area contributed by atoms with Crippen molar-refractivity contribution in [1.82, 2.24) is 15.4 Å². The van der Waals surface area contributed by atoms with Crippen LogP contribution in [0.3, 0.4) is 0 Å². The van der Waals surface area contributed by atoms with Crippen LogP contribution in [0, 0.1) is 0 Å². The Hall–Kier alpha value is -3.12. The normalized spacial score (nSPS) is 13.0. The number of amides is 2. The van der Waals surface area contributed by atoms with Gasteiger partial charge >= 0.3 is 0 Å². The number of nitrogens with one attached hydrogen (secondary N) is 2. The number of hydrogen-bond donors (Lipinski definition) is 2. The summed E-state index contributed by atoms with van der Waals surface area (Å²) in [4.78, 5) is 24.6. The molecular formula is C19H19N5O5S2. The van der Waals surface area contributed by atoms with E-state index in [-0.39, 0.29) is 17.4 Å². The van der Waals surface area contributed by atoms with E-state index in [1.165, 1.54) is 30.2 Å². The van der Waals surface area contributed by atoms with Crippen molar-refractivity contribution in [3.8, 4) is 11.5 Å². The summed E-state index contributed by atoms with van der Waals surface area (Å²) in [5.74, 6) is 1.69. The van der Waals surface area contributed by atoms with E-state index in [1.807, 2.05) is 0 Å². The maximum Gasteiger partial charge on any atom is 0.279 e. The third-order valence-corrected chi connectivity index (χ3v) is 6.35. The van der Waals surface area contributed by atoms with Crippen LogP contribution in [-0.4, -0.2) is 47.1 Å². The first-order chi connectivity index (χ1) is 15.1. The van der Waals surface area contributed by atoms with E-state index in [2.05, 4.69) is 26.0 Å². The summed E-state index contributed by atoms with van der Waals surface area (Å²) in [5, 5.41) is 17.5. The molecule has 12 heteroatoms. The van der Waals surface area contributed by atoms with E-state index >= 15 is 0 Å². The van der Waals surface area contributed by atoms with E-state index < -0.39 is 5.91 Å². The summed E-state index contributed by atoms with van der Waals surface area (Å²) in [6, 6.07) is 6.79. The molecule has 0 radical (unpaired) electrons. The van der Waals surface area contributed by atoms with Gasteiger partial charge in [-0.3, -0.25) is 14.9 Å². The summed E-state index contributed by atoms with van der Waals surface area (Å²) >= 11 is 2.38. The first kappa shape index (κ1) is 21.1. The SMILES string of the molecule is COc1ccc(OC)c(NC(=O)CSc2nnc(NC(=O)c3cc(C4CC4)on3)s2)c1. The van der Waals surface area contributed by atoms with Gasteiger partial charge in [0.15, 0.2) is 10.0 Å². The smallest absolute Gasteiger partial charge is 0.279 e. The number of benzene rings is 1. The molecule has 31 heavy (non-hydrogen) atoms. The van der Waals surface area contributed by atoms with Gasteiger partial charge in [-0.05, 0) is 25.0 Å². The maximum atomic E-state index is 12.3. The second kappa shape index (κ2) is 9.35. The molecule has 2 N–H and O–H groups in total. The number of rotatable bonds is 9. The Labute approximate surface area is 185 Å². The zero-order chi connectivity index (χ0) is 21.8. The summed E-state index contributed by atoms with van der Waals surface area (Å²) in [6.45, 7) is 0. The quantitative estimate of drug-likeness (QED) is 0.364. The number of nitrogens with zero attached hydrogens (tertiary/aromatic N) is 3. The second-order valence-corrected chi connectivity index (χ2v) is 8.82. The van der Waals surface area contributed by atoms with Crippen LogP contribution in [0.1, 0.15) is 35.0 Å². The lowest BCUT2D eigenvalue weighted by Gasteiger charge is -2.11. The number of methoxy groups -OCH3 is 2. The molecule has 0 bridgehead atoms. The lowest BCUT2D eigenvalue weighted by atomic mass is 10.2. The number of carbonyl (C=O) groups is 2. The topological polar surface area (TPSA) is 128 Å². The summed E-state index contributed by atoms with van der Waals surface area (Å²) < 4.78 is 16.2. The van der Waals surface area contributed by atoms with Gasteiger partial charge in [-0.15, -0.1) is 10.2 Å². The van der Waals surface area contributed by atoms with Crippen molar-refractivity contribution < 1.29 is 23.6 Å². The van der Waals surface area contributed by atoms with Gasteiger partial charge in [-0.1, -0.05) is 28.3 Å². The van der Waals surface area contributed by atoms with E-state index in [0.717, 1.165) is 18.6 Å². The molecule has 2 amide bonds. The van der Waals surface area contributed by atoms with Crippen LogP contribution >= 0.6 is 23.1 Å². The van der Waals surface area contributed by atoms with Crippen molar-refractivity contribution in [2.24, 2.45) is 0 Å². The van der Waals surface area contributed by atoms with Crippen molar-refractivity contribution >= 4 is 45.7 Å². The number of hydrogen-bond acceptors (Lipinski definition) is 10. The third kappa shape index (κ3) is 5.33. The fraction of sp³-hybridized carbons (Fsp3) is 0.316. The first-order valence-corrected chi connectivity index (χ1v) is 11.1. The minimum atomic E-state index is -0.411. The summed E-state index contributed by atoms with van der Waals surface area (Å²) in [5.41, 5.74) is 0.716. The predicted molar refractivity (Wildman–Crippen MR) is 115 cm³/mol. The largest absolute Gasteiger partial charge is 0.497 e. The van der Waals surface area contributed by atoms with Gasteiger partial charge in [0.05, 0.1) is 25.7 Å². The molecule has 1 aromatic carbocycles. The second-order valence-electron chi connectivity index (χ2n) is 6.62. The fourth-order valence-electron chi connectivity index (χ4n) is 2.66. The molecule has 0 atom stereocenters. The minimum Gasteiger partial charge on any atom is -0.497 e. The standard InChI is InChI=1S/C19H19N5O5S2/c1-27-11-5-6-14(28-2)12(7-11)20-16(25)9-30-19-23-22-18(31-19)21-17(26)13-8-15(29-24-13)10-3-4-10/h5-8,10H,3-4,9H2,1-2H3,(H,20,25)(H,21,22,26). The monoisotopic (exact) mass is 461 g/mol. The maximum absolute atomic E-state index is 12.3. The van der Waals surface area contributed by atoms with Gasteiger partial charge in [-0.2, -0.15) is 0 Å². The lowest BCUT2D eigenvalue weighted by molar-refractivity contribution is -0.113. The zero-order valence-electron chi connectivity index (χ0n) is 16.7. The zero-order valence-corrected chi connectivity index (χ0v) is 18.3. The van der Waals surface area contributed by atoms with Gasteiger partial charge in [0.2, 0.25) is 11.0 Å². The highest BCUT2D eigenvalue weighted by Gasteiger charge is 2.29. The Bertz CT molecular complexity index is 1100. The molecular weight excluding hydrogens is 442 g/mol. The van der Waals surface area contributed by atoms with Crippen LogP contribution in [-0.2, 0) is 4.79 Å². The van der Waals surface area contributed by atoms with Crippen molar-refractivity contribution in [3.05, 3.63) is 35.7 Å². The number of anilines is 2. The van der Waals surface area contributed by atoms with Crippen LogP contribution in [0.15, 0.2) is 33.1 Å². The number of ether oxygens (including phenoxy) is 2. The molecule has 0 unspecified atom stereocenters. The Morgan fingerprint density at radius 3 is 2.77 bits per heavy atom. The molecule has 0 spiro atoms. The van der Waals surface area contributed by atoms with Crippen molar-refractivity contribution in [2.45, 2.75) is 23.1 Å². The first-order valence-electron chi connectivity index (χ1n) is 9.32. The number of carbonyl (C=O) groups excluding carboxylic acids is 2. The Morgan fingerprint density at radius 2 is 2.03 bits per heavy atom. The molecule has 3 aromatic rings. The predicted octanol–water partition coefficient (Wildman–Crippen LogP) is 3.40. The van der Waals surface area contributed by atoms with Crippen LogP contribution in [0.25, 0.3) is 0 Å². The molecule has 0 saturated heterocycles. The van der Waals surface area contributed by atoms with Crippen LogP contribution in [0.5, 0.6) is 11.5 Å². The molecule has 2 heterocycles. The number of aromatic nitrogens is 3. The average Bonchev–Trinajstić information content (AvgIpc) is 3.32. The van der Waals surface area contributed by atoms with Gasteiger partial charge in [0.1, 0.15) is 17.3 Å². The summed E-state index contributed by atoms with van der Waals surface area (Å²) in [6.07, 6.45) is 2.12. The Balaban J connectivity index is 1.29. The molecule has 1 aliphatic rings. The summed E-state index contributed by atoms with van der Waals surface area (Å²) in [7, 11) is 3.07. The Kier molecular flexibility index (Phi) is 6.37. The highest BCUT2D eigenvalue weighted by atomic mass is 32.2. The van der Waals surface area contributed by atoms with E-state index in [0.29, 0.717) is 32.6 Å². The van der Waals surface area contributed by atoms with Crippen molar-refractivity contribution in [1.29, 1.82) is 0 Å². The van der Waals surface area contributed by atoms with Crippen LogP contribution < -0.4 is 20.1 Å². The lowest BCUT2D eigenvalue weighted by Crippen LogP contribution is -2.14. The minimum absolute atomic E-state index is 0.108. The third-order valence-electron chi connectivity index (χ3n) is 4.38. The van der Waals surface area contributed by atoms with Gasteiger partial charge < -0.3 is 19.3 Å². The Morgan fingerprint density at radius 1 is 1.19 bits per heavy atom. The van der Waals surface area contributed by atoms with Crippen LogP contribution in [0.4, 0.5) is 10.8 Å². The number of thioether (sulfide) groups is 1. The van der Waals surface area contributed by atoms with Crippen LogP contribution in [0.2, 0.25) is 0 Å². The molecule has 162 valence electrons. The van der Waals surface area contributed by atoms with Crippen molar-refractivity contribution in [2.75, 3.05) is 30.6 Å². The van der Waals surface area contributed by atoms with E-state index in [4.69, 9.17) is 14.0 Å². The molecule has 0 aliphatic heterocycles. The molecule has 10 nitrogen and oxygen atoms in total. The molecule has 1 aliphatic carbocycles. The van der Waals surface area contributed by atoms with E-state index in [9.17, 15) is 9.59 Å². The van der Waals surface area contributed by atoms with Gasteiger partial charge in [0, 0.05) is 18.1 Å².